The molecule has 1 N–H and O–H groups in total. The Labute approximate surface area is 164 Å². The van der Waals surface area contributed by atoms with Crippen LogP contribution in [-0.4, -0.2) is 32.6 Å². The molecule has 2 aliphatic rings. The Morgan fingerprint density at radius 2 is 1.82 bits per heavy atom. The van der Waals surface area contributed by atoms with Crippen LogP contribution in [0.4, 0.5) is 5.69 Å². The molecule has 28 heavy (non-hydrogen) atoms. The summed E-state index contributed by atoms with van der Waals surface area (Å²) in [7, 11) is 3.23. The first kappa shape index (κ1) is 18.3. The standard InChI is InChI=1S/C22H24N2O4/c1-27-19-10-14-8-9-18(17(14)12-20(19)28-2)23-22(26)15-11-21(25)24(13-15)16-6-4-3-5-7-16/h3-7,10,12,15,18H,8-9,11,13H2,1-2H3,(H,23,26). The molecule has 2 unspecified atom stereocenters. The van der Waals surface area contributed by atoms with Crippen molar-refractivity contribution in [2.75, 3.05) is 25.7 Å². The molecule has 6 heteroatoms. The monoisotopic (exact) mass is 380 g/mol. The summed E-state index contributed by atoms with van der Waals surface area (Å²) in [6.07, 6.45) is 1.95. The Kier molecular flexibility index (Phi) is 4.94. The minimum absolute atomic E-state index is 0.00965. The second kappa shape index (κ2) is 7.54. The van der Waals surface area contributed by atoms with Crippen LogP contribution < -0.4 is 19.7 Å². The van der Waals surface area contributed by atoms with Crippen LogP contribution in [0.1, 0.15) is 30.0 Å². The predicted molar refractivity (Wildman–Crippen MR) is 106 cm³/mol. The molecular formula is C22H24N2O4. The highest BCUT2D eigenvalue weighted by atomic mass is 16.5. The zero-order chi connectivity index (χ0) is 19.7. The average molecular weight is 380 g/mol. The lowest BCUT2D eigenvalue weighted by Gasteiger charge is -2.19. The fourth-order valence-corrected chi connectivity index (χ4v) is 4.11. The van der Waals surface area contributed by atoms with Crippen molar-refractivity contribution in [1.29, 1.82) is 0 Å². The van der Waals surface area contributed by atoms with Crippen molar-refractivity contribution in [3.8, 4) is 11.5 Å². The van der Waals surface area contributed by atoms with E-state index in [0.29, 0.717) is 18.0 Å². The van der Waals surface area contributed by atoms with E-state index in [-0.39, 0.29) is 30.2 Å². The fraction of sp³-hybridized carbons (Fsp3) is 0.364. The number of fused-ring (bicyclic) bond motifs is 1. The van der Waals surface area contributed by atoms with Crippen LogP contribution in [0.2, 0.25) is 0 Å². The van der Waals surface area contributed by atoms with Gasteiger partial charge in [0.05, 0.1) is 26.2 Å². The molecule has 0 aromatic heterocycles. The number of rotatable bonds is 5. The molecule has 146 valence electrons. The summed E-state index contributed by atoms with van der Waals surface area (Å²) in [6, 6.07) is 13.4. The van der Waals surface area contributed by atoms with Gasteiger partial charge in [0.15, 0.2) is 11.5 Å². The molecule has 6 nitrogen and oxygen atoms in total. The van der Waals surface area contributed by atoms with Gasteiger partial charge in [-0.15, -0.1) is 0 Å². The highest BCUT2D eigenvalue weighted by molar-refractivity contribution is 6.00. The quantitative estimate of drug-likeness (QED) is 0.866. The summed E-state index contributed by atoms with van der Waals surface area (Å²) in [5.41, 5.74) is 3.07. The number of nitrogens with one attached hydrogen (secondary N) is 1. The SMILES string of the molecule is COc1cc2c(cc1OC)C(NC(=O)C1CC(=O)N(c3ccccc3)C1)CC2. The summed E-state index contributed by atoms with van der Waals surface area (Å²) in [6.45, 7) is 0.417. The van der Waals surface area contributed by atoms with Crippen molar-refractivity contribution in [2.45, 2.75) is 25.3 Å². The van der Waals surface area contributed by atoms with Crippen molar-refractivity contribution in [2.24, 2.45) is 5.92 Å². The second-order valence-corrected chi connectivity index (χ2v) is 7.25. The maximum absolute atomic E-state index is 12.9. The van der Waals surface area contributed by atoms with Crippen LogP contribution >= 0.6 is 0 Å². The minimum Gasteiger partial charge on any atom is -0.493 e. The molecule has 0 radical (unpaired) electrons. The van der Waals surface area contributed by atoms with E-state index in [1.165, 1.54) is 0 Å². The summed E-state index contributed by atoms with van der Waals surface area (Å²) >= 11 is 0. The van der Waals surface area contributed by atoms with Gasteiger partial charge in [0, 0.05) is 18.7 Å². The third-order valence-corrected chi connectivity index (χ3v) is 5.60. The second-order valence-electron chi connectivity index (χ2n) is 7.25. The molecule has 1 fully saturated rings. The van der Waals surface area contributed by atoms with E-state index < -0.39 is 0 Å². The van der Waals surface area contributed by atoms with E-state index in [2.05, 4.69) is 5.32 Å². The number of ether oxygens (including phenoxy) is 2. The summed E-state index contributed by atoms with van der Waals surface area (Å²) in [5, 5.41) is 3.14. The normalized spacial score (nSPS) is 20.8. The van der Waals surface area contributed by atoms with Gasteiger partial charge >= 0.3 is 0 Å². The molecule has 1 heterocycles. The van der Waals surface area contributed by atoms with Crippen LogP contribution in [0, 0.1) is 5.92 Å². The number of benzene rings is 2. The molecule has 2 atom stereocenters. The van der Waals surface area contributed by atoms with Gasteiger partial charge in [-0.2, -0.15) is 0 Å². The Bertz CT molecular complexity index is 897. The molecule has 1 aliphatic heterocycles. The first-order valence-corrected chi connectivity index (χ1v) is 9.51. The number of para-hydroxylation sites is 1. The molecule has 2 aromatic carbocycles. The molecule has 0 spiro atoms. The number of methoxy groups -OCH3 is 2. The number of hydrogen-bond donors (Lipinski definition) is 1. The third kappa shape index (κ3) is 3.30. The molecule has 4 rings (SSSR count). The van der Waals surface area contributed by atoms with Crippen LogP contribution in [0.5, 0.6) is 11.5 Å². The highest BCUT2D eigenvalue weighted by Crippen LogP contribution is 2.39. The van der Waals surface area contributed by atoms with E-state index in [1.807, 2.05) is 42.5 Å². The first-order chi connectivity index (χ1) is 13.6. The van der Waals surface area contributed by atoms with Crippen LogP contribution in [0.15, 0.2) is 42.5 Å². The fourth-order valence-electron chi connectivity index (χ4n) is 4.11. The smallest absolute Gasteiger partial charge is 0.227 e. The van der Waals surface area contributed by atoms with Gasteiger partial charge in [-0.1, -0.05) is 18.2 Å². The summed E-state index contributed by atoms with van der Waals surface area (Å²) in [4.78, 5) is 27.0. The summed E-state index contributed by atoms with van der Waals surface area (Å²) in [5.74, 6) is 0.947. The van der Waals surface area contributed by atoms with E-state index in [1.54, 1.807) is 19.1 Å². The van der Waals surface area contributed by atoms with Crippen molar-refractivity contribution in [3.63, 3.8) is 0 Å². The van der Waals surface area contributed by atoms with Gasteiger partial charge in [0.25, 0.3) is 0 Å². The third-order valence-electron chi connectivity index (χ3n) is 5.60. The maximum Gasteiger partial charge on any atom is 0.227 e. The van der Waals surface area contributed by atoms with E-state index in [0.717, 1.165) is 29.7 Å². The van der Waals surface area contributed by atoms with Gasteiger partial charge in [-0.3, -0.25) is 9.59 Å². The zero-order valence-electron chi connectivity index (χ0n) is 16.1. The Balaban J connectivity index is 1.47. The van der Waals surface area contributed by atoms with Gasteiger partial charge in [0.1, 0.15) is 0 Å². The van der Waals surface area contributed by atoms with Crippen molar-refractivity contribution >= 4 is 17.5 Å². The van der Waals surface area contributed by atoms with Gasteiger partial charge < -0.3 is 19.7 Å². The van der Waals surface area contributed by atoms with Gasteiger partial charge in [-0.05, 0) is 48.2 Å². The Hall–Kier alpha value is -3.02. The number of anilines is 1. The largest absolute Gasteiger partial charge is 0.493 e. The van der Waals surface area contributed by atoms with E-state index in [4.69, 9.17) is 9.47 Å². The topological polar surface area (TPSA) is 67.9 Å². The maximum atomic E-state index is 12.9. The number of hydrogen-bond acceptors (Lipinski definition) is 4. The minimum atomic E-state index is -0.336. The highest BCUT2D eigenvalue weighted by Gasteiger charge is 2.36. The molecule has 2 aromatic rings. The number of amides is 2. The lowest BCUT2D eigenvalue weighted by molar-refractivity contribution is -0.127. The van der Waals surface area contributed by atoms with Crippen LogP contribution in [0.25, 0.3) is 0 Å². The molecule has 0 bridgehead atoms. The number of aryl methyl sites for hydroxylation is 1. The number of carbonyl (C=O) groups is 2. The number of nitrogens with zero attached hydrogens (tertiary/aromatic N) is 1. The van der Waals surface area contributed by atoms with E-state index in [9.17, 15) is 9.59 Å². The lowest BCUT2D eigenvalue weighted by Crippen LogP contribution is -2.34. The first-order valence-electron chi connectivity index (χ1n) is 9.51. The van der Waals surface area contributed by atoms with Crippen LogP contribution in [0.3, 0.4) is 0 Å². The summed E-state index contributed by atoms with van der Waals surface area (Å²) < 4.78 is 10.8. The van der Waals surface area contributed by atoms with Crippen molar-refractivity contribution in [1.82, 2.24) is 5.32 Å². The lowest BCUT2D eigenvalue weighted by atomic mass is 10.0. The average Bonchev–Trinajstić information content (AvgIpc) is 3.30. The van der Waals surface area contributed by atoms with Gasteiger partial charge in [-0.25, -0.2) is 0 Å². The van der Waals surface area contributed by atoms with E-state index >= 15 is 0 Å². The van der Waals surface area contributed by atoms with Crippen molar-refractivity contribution in [3.05, 3.63) is 53.6 Å². The molecule has 1 aliphatic carbocycles. The van der Waals surface area contributed by atoms with Crippen LogP contribution in [-0.2, 0) is 16.0 Å². The predicted octanol–water partition coefficient (Wildman–Crippen LogP) is 2.86. The zero-order valence-corrected chi connectivity index (χ0v) is 16.1. The van der Waals surface area contributed by atoms with Crippen molar-refractivity contribution < 1.29 is 19.1 Å². The molecule has 0 saturated carbocycles. The Morgan fingerprint density at radius 1 is 1.11 bits per heavy atom. The number of carbonyl (C=O) groups excluding carboxylic acids is 2. The Morgan fingerprint density at radius 3 is 2.54 bits per heavy atom. The molecule has 1 saturated heterocycles. The molecular weight excluding hydrogens is 356 g/mol. The molecule has 2 amide bonds. The van der Waals surface area contributed by atoms with Gasteiger partial charge in [0.2, 0.25) is 11.8 Å².